The molecule has 0 heterocycles. The van der Waals surface area contributed by atoms with Gasteiger partial charge in [-0.15, -0.1) is 0 Å². The van der Waals surface area contributed by atoms with Crippen LogP contribution >= 0.6 is 0 Å². The molecule has 0 aromatic heterocycles. The van der Waals surface area contributed by atoms with Gasteiger partial charge in [-0.1, -0.05) is 96.5 Å². The second-order valence-electron chi connectivity index (χ2n) is 8.50. The van der Waals surface area contributed by atoms with Crippen LogP contribution in [0.3, 0.4) is 0 Å². The van der Waals surface area contributed by atoms with E-state index in [0.717, 1.165) is 13.0 Å². The fourth-order valence-corrected chi connectivity index (χ4v) is 3.38. The Bertz CT molecular complexity index is 352. The zero-order valence-electron chi connectivity index (χ0n) is 18.8. The van der Waals surface area contributed by atoms with Gasteiger partial charge in [0.25, 0.3) is 0 Å². The third-order valence-electron chi connectivity index (χ3n) is 5.21. The molecule has 3 heteroatoms. The molecule has 0 unspecified atom stereocenters. The first kappa shape index (κ1) is 26.2. The monoisotopic (exact) mass is 380 g/mol. The lowest BCUT2D eigenvalue weighted by atomic mass is 10.0. The van der Waals surface area contributed by atoms with Gasteiger partial charge in [0.1, 0.15) is 0 Å². The average molecular weight is 381 g/mol. The van der Waals surface area contributed by atoms with Crippen molar-refractivity contribution in [2.24, 2.45) is 0 Å². The van der Waals surface area contributed by atoms with Crippen LogP contribution in [0.2, 0.25) is 0 Å². The number of hydrogen-bond donors (Lipinski definition) is 1. The van der Waals surface area contributed by atoms with Crippen LogP contribution in [-0.4, -0.2) is 38.0 Å². The van der Waals surface area contributed by atoms with Gasteiger partial charge in [-0.25, -0.2) is 0 Å². The first-order chi connectivity index (χ1) is 13.0. The topological polar surface area (TPSA) is 32.3 Å². The van der Waals surface area contributed by atoms with Crippen LogP contribution in [0.4, 0.5) is 0 Å². The Morgan fingerprint density at radius 3 is 1.33 bits per heavy atom. The van der Waals surface area contributed by atoms with E-state index in [1.807, 2.05) is 0 Å². The maximum Gasteiger partial charge on any atom is 0.246 e. The molecule has 0 saturated heterocycles. The summed E-state index contributed by atoms with van der Waals surface area (Å²) in [4.78, 5) is 13.6. The molecule has 0 fully saturated rings. The van der Waals surface area contributed by atoms with Gasteiger partial charge < -0.3 is 10.2 Å². The zero-order chi connectivity index (χ0) is 20.2. The lowest BCUT2D eigenvalue weighted by Crippen LogP contribution is -2.24. The third-order valence-corrected chi connectivity index (χ3v) is 5.21. The highest BCUT2D eigenvalue weighted by atomic mass is 16.1. The molecule has 0 saturated carbocycles. The van der Waals surface area contributed by atoms with Gasteiger partial charge in [-0.3, -0.25) is 4.79 Å². The van der Waals surface area contributed by atoms with Crippen molar-refractivity contribution in [1.82, 2.24) is 10.2 Å². The van der Waals surface area contributed by atoms with Crippen molar-refractivity contribution in [2.75, 3.05) is 27.2 Å². The highest BCUT2D eigenvalue weighted by molar-refractivity contribution is 5.91. The molecule has 1 amide bonds. The third kappa shape index (κ3) is 21.3. The first-order valence-corrected chi connectivity index (χ1v) is 11.6. The van der Waals surface area contributed by atoms with Crippen LogP contribution in [0.1, 0.15) is 110 Å². The molecule has 0 aromatic carbocycles. The van der Waals surface area contributed by atoms with Crippen molar-refractivity contribution in [3.63, 3.8) is 0 Å². The predicted octanol–water partition coefficient (Wildman–Crippen LogP) is 6.48. The Kier molecular flexibility index (Phi) is 19.3. The van der Waals surface area contributed by atoms with Gasteiger partial charge in [0.15, 0.2) is 0 Å². The van der Waals surface area contributed by atoms with Crippen molar-refractivity contribution >= 4 is 5.91 Å². The molecule has 0 aliphatic carbocycles. The van der Waals surface area contributed by atoms with E-state index in [0.29, 0.717) is 5.57 Å². The van der Waals surface area contributed by atoms with Crippen molar-refractivity contribution in [3.05, 3.63) is 12.2 Å². The first-order valence-electron chi connectivity index (χ1n) is 11.6. The Morgan fingerprint density at radius 1 is 0.667 bits per heavy atom. The molecular weight excluding hydrogens is 332 g/mol. The van der Waals surface area contributed by atoms with Crippen LogP contribution in [0.15, 0.2) is 12.2 Å². The second kappa shape index (κ2) is 19.9. The summed E-state index contributed by atoms with van der Waals surface area (Å²) in [6, 6.07) is 0. The maximum atomic E-state index is 11.3. The number of nitrogens with zero attached hydrogens (tertiary/aromatic N) is 1. The van der Waals surface area contributed by atoms with Crippen LogP contribution in [-0.2, 0) is 4.79 Å². The molecule has 0 aliphatic heterocycles. The van der Waals surface area contributed by atoms with Gasteiger partial charge in [0.2, 0.25) is 5.91 Å². The molecule has 0 aliphatic rings. The Hall–Kier alpha value is -0.830. The Labute approximate surface area is 170 Å². The molecule has 0 aromatic rings. The highest BCUT2D eigenvalue weighted by Gasteiger charge is 1.99. The van der Waals surface area contributed by atoms with E-state index < -0.39 is 0 Å². The standard InChI is InChI=1S/C24H48N2O/c1-23(2)24(27)25-21-19-17-15-13-11-9-7-5-6-8-10-12-14-16-18-20-22-26(3)4/h1,5-22H2,2-4H3,(H,25,27). The summed E-state index contributed by atoms with van der Waals surface area (Å²) in [5, 5.41) is 2.90. The Balaban J connectivity index is 3.07. The van der Waals surface area contributed by atoms with Gasteiger partial charge in [0, 0.05) is 12.1 Å². The summed E-state index contributed by atoms with van der Waals surface area (Å²) >= 11 is 0. The number of carbonyl (C=O) groups excluding carboxylic acids is 1. The molecular formula is C24H48N2O. The summed E-state index contributed by atoms with van der Waals surface area (Å²) < 4.78 is 0. The molecule has 0 rings (SSSR count). The minimum atomic E-state index is -0.00462. The van der Waals surface area contributed by atoms with E-state index in [1.165, 1.54) is 103 Å². The fraction of sp³-hybridized carbons (Fsp3) is 0.875. The molecule has 1 N–H and O–H groups in total. The second-order valence-corrected chi connectivity index (χ2v) is 8.50. The minimum absolute atomic E-state index is 0.00462. The van der Waals surface area contributed by atoms with E-state index in [2.05, 4.69) is 30.9 Å². The van der Waals surface area contributed by atoms with Gasteiger partial charge in [-0.05, 0) is 40.4 Å². The SMILES string of the molecule is C=C(C)C(=O)NCCCCCCCCCCCCCCCCCCN(C)C. The number of rotatable bonds is 20. The van der Waals surface area contributed by atoms with E-state index in [1.54, 1.807) is 6.92 Å². The summed E-state index contributed by atoms with van der Waals surface area (Å²) in [6.45, 7) is 7.44. The molecule has 0 atom stereocenters. The van der Waals surface area contributed by atoms with E-state index >= 15 is 0 Å². The number of amides is 1. The quantitative estimate of drug-likeness (QED) is 0.193. The van der Waals surface area contributed by atoms with Crippen LogP contribution in [0.5, 0.6) is 0 Å². The van der Waals surface area contributed by atoms with Gasteiger partial charge in [-0.2, -0.15) is 0 Å². The summed E-state index contributed by atoms with van der Waals surface area (Å²) in [7, 11) is 4.32. The molecule has 0 bridgehead atoms. The normalized spacial score (nSPS) is 11.1. The van der Waals surface area contributed by atoms with Crippen molar-refractivity contribution in [1.29, 1.82) is 0 Å². The molecule has 0 spiro atoms. The van der Waals surface area contributed by atoms with Crippen LogP contribution < -0.4 is 5.32 Å². The van der Waals surface area contributed by atoms with Gasteiger partial charge >= 0.3 is 0 Å². The number of hydrogen-bond acceptors (Lipinski definition) is 2. The molecule has 0 radical (unpaired) electrons. The lowest BCUT2D eigenvalue weighted by Gasteiger charge is -2.08. The number of nitrogens with one attached hydrogen (secondary N) is 1. The van der Waals surface area contributed by atoms with Crippen molar-refractivity contribution in [2.45, 2.75) is 110 Å². The van der Waals surface area contributed by atoms with E-state index in [4.69, 9.17) is 0 Å². The lowest BCUT2D eigenvalue weighted by molar-refractivity contribution is -0.117. The van der Waals surface area contributed by atoms with Crippen LogP contribution in [0, 0.1) is 0 Å². The maximum absolute atomic E-state index is 11.3. The predicted molar refractivity (Wildman–Crippen MR) is 120 cm³/mol. The molecule has 3 nitrogen and oxygen atoms in total. The van der Waals surface area contributed by atoms with Crippen molar-refractivity contribution in [3.8, 4) is 0 Å². The van der Waals surface area contributed by atoms with Crippen molar-refractivity contribution < 1.29 is 4.79 Å². The fourth-order valence-electron chi connectivity index (χ4n) is 3.38. The highest BCUT2D eigenvalue weighted by Crippen LogP contribution is 2.13. The summed E-state index contributed by atoms with van der Waals surface area (Å²) in [6.07, 6.45) is 22.0. The molecule has 160 valence electrons. The Morgan fingerprint density at radius 2 is 1.00 bits per heavy atom. The van der Waals surface area contributed by atoms with Gasteiger partial charge in [0.05, 0.1) is 0 Å². The smallest absolute Gasteiger partial charge is 0.246 e. The van der Waals surface area contributed by atoms with E-state index in [9.17, 15) is 4.79 Å². The number of unbranched alkanes of at least 4 members (excludes halogenated alkanes) is 15. The van der Waals surface area contributed by atoms with Crippen LogP contribution in [0.25, 0.3) is 0 Å². The number of carbonyl (C=O) groups is 1. The molecule has 27 heavy (non-hydrogen) atoms. The minimum Gasteiger partial charge on any atom is -0.352 e. The average Bonchev–Trinajstić information content (AvgIpc) is 2.63. The zero-order valence-corrected chi connectivity index (χ0v) is 18.8. The summed E-state index contributed by atoms with van der Waals surface area (Å²) in [5.74, 6) is -0.00462. The van der Waals surface area contributed by atoms with E-state index in [-0.39, 0.29) is 5.91 Å². The summed E-state index contributed by atoms with van der Waals surface area (Å²) in [5.41, 5.74) is 0.602. The largest absolute Gasteiger partial charge is 0.352 e.